The van der Waals surface area contributed by atoms with Gasteiger partial charge in [-0.3, -0.25) is 9.89 Å². The Balaban J connectivity index is 1.65. The number of carbonyl (C=O) groups is 1. The molecule has 4 aliphatic carbocycles. The molecule has 4 heteroatoms. The highest BCUT2D eigenvalue weighted by atomic mass is 16.4. The average molecular weight is 260 g/mol. The maximum atomic E-state index is 11.0. The Morgan fingerprint density at radius 2 is 1.84 bits per heavy atom. The van der Waals surface area contributed by atoms with Crippen LogP contribution in [-0.4, -0.2) is 21.3 Å². The molecule has 0 radical (unpaired) electrons. The molecular weight excluding hydrogens is 240 g/mol. The zero-order chi connectivity index (χ0) is 13.0. The number of rotatable bonds is 3. The summed E-state index contributed by atoms with van der Waals surface area (Å²) in [4.78, 5) is 11.0. The standard InChI is InChI=1S/C15H20N2O2/c18-13(19)6-12-7-16-17-15(12)14-10-2-8-1-9(4-10)5-11(14)3-8/h7-11,14H,1-6H2,(H,16,17)(H,18,19). The molecule has 4 fully saturated rings. The first kappa shape index (κ1) is 11.5. The van der Waals surface area contributed by atoms with Gasteiger partial charge in [-0.15, -0.1) is 0 Å². The fourth-order valence-electron chi connectivity index (χ4n) is 5.31. The van der Waals surface area contributed by atoms with Crippen molar-refractivity contribution in [3.05, 3.63) is 17.5 Å². The molecule has 1 aromatic heterocycles. The monoisotopic (exact) mass is 260 g/mol. The van der Waals surface area contributed by atoms with Gasteiger partial charge in [0.2, 0.25) is 0 Å². The molecule has 1 heterocycles. The molecule has 5 rings (SSSR count). The van der Waals surface area contributed by atoms with Gasteiger partial charge < -0.3 is 5.11 Å². The van der Waals surface area contributed by atoms with E-state index in [9.17, 15) is 4.79 Å². The van der Waals surface area contributed by atoms with Crippen molar-refractivity contribution in [3.8, 4) is 0 Å². The smallest absolute Gasteiger partial charge is 0.307 e. The largest absolute Gasteiger partial charge is 0.481 e. The van der Waals surface area contributed by atoms with E-state index in [1.54, 1.807) is 6.20 Å². The lowest BCUT2D eigenvalue weighted by Crippen LogP contribution is -2.44. The van der Waals surface area contributed by atoms with Gasteiger partial charge in [0.05, 0.1) is 12.6 Å². The number of carboxylic acids is 1. The van der Waals surface area contributed by atoms with Crippen molar-refractivity contribution in [3.63, 3.8) is 0 Å². The third-order valence-corrected chi connectivity index (χ3v) is 5.65. The molecule has 19 heavy (non-hydrogen) atoms. The highest BCUT2D eigenvalue weighted by Gasteiger charge is 2.49. The Bertz CT molecular complexity index is 480. The zero-order valence-corrected chi connectivity index (χ0v) is 11.0. The minimum Gasteiger partial charge on any atom is -0.481 e. The second kappa shape index (κ2) is 4.09. The van der Waals surface area contributed by atoms with Crippen LogP contribution >= 0.6 is 0 Å². The van der Waals surface area contributed by atoms with E-state index in [0.717, 1.165) is 34.9 Å². The number of carboxylic acid groups (broad SMARTS) is 1. The number of nitrogens with zero attached hydrogens (tertiary/aromatic N) is 1. The molecule has 0 unspecified atom stereocenters. The van der Waals surface area contributed by atoms with Crippen LogP contribution in [0.5, 0.6) is 0 Å². The van der Waals surface area contributed by atoms with Crippen LogP contribution in [0.15, 0.2) is 6.20 Å². The van der Waals surface area contributed by atoms with Crippen molar-refractivity contribution in [2.45, 2.75) is 44.4 Å². The van der Waals surface area contributed by atoms with Gasteiger partial charge in [-0.25, -0.2) is 0 Å². The highest BCUT2D eigenvalue weighted by Crippen LogP contribution is 2.59. The van der Waals surface area contributed by atoms with Crippen LogP contribution in [-0.2, 0) is 11.2 Å². The zero-order valence-electron chi connectivity index (χ0n) is 11.0. The number of aliphatic carboxylic acids is 1. The predicted molar refractivity (Wildman–Crippen MR) is 69.7 cm³/mol. The van der Waals surface area contributed by atoms with Crippen molar-refractivity contribution in [2.24, 2.45) is 23.7 Å². The first-order valence-electron chi connectivity index (χ1n) is 7.44. The van der Waals surface area contributed by atoms with Gasteiger partial charge in [0, 0.05) is 17.2 Å². The number of nitrogens with one attached hydrogen (secondary N) is 1. The number of hydrogen-bond acceptors (Lipinski definition) is 2. The van der Waals surface area contributed by atoms with E-state index in [1.807, 2.05) is 0 Å². The number of aromatic nitrogens is 2. The van der Waals surface area contributed by atoms with E-state index in [-0.39, 0.29) is 6.42 Å². The van der Waals surface area contributed by atoms with Gasteiger partial charge >= 0.3 is 5.97 Å². The van der Waals surface area contributed by atoms with Crippen molar-refractivity contribution < 1.29 is 9.90 Å². The molecule has 0 atom stereocenters. The predicted octanol–water partition coefficient (Wildman–Crippen LogP) is 2.58. The van der Waals surface area contributed by atoms with Gasteiger partial charge in [-0.2, -0.15) is 5.10 Å². The summed E-state index contributed by atoms with van der Waals surface area (Å²) in [5.41, 5.74) is 2.04. The van der Waals surface area contributed by atoms with Crippen molar-refractivity contribution in [2.75, 3.05) is 0 Å². The topological polar surface area (TPSA) is 66.0 Å². The maximum Gasteiger partial charge on any atom is 0.307 e. The lowest BCUT2D eigenvalue weighted by molar-refractivity contribution is -0.136. The first-order chi connectivity index (χ1) is 9.20. The van der Waals surface area contributed by atoms with Crippen LogP contribution in [0, 0.1) is 23.7 Å². The summed E-state index contributed by atoms with van der Waals surface area (Å²) >= 11 is 0. The third-order valence-electron chi connectivity index (χ3n) is 5.65. The van der Waals surface area contributed by atoms with Crippen LogP contribution in [0.25, 0.3) is 0 Å². The lowest BCUT2D eigenvalue weighted by Gasteiger charge is -2.54. The van der Waals surface area contributed by atoms with E-state index in [0.29, 0.717) is 5.92 Å². The molecule has 1 aromatic rings. The minimum absolute atomic E-state index is 0.106. The van der Waals surface area contributed by atoms with E-state index in [4.69, 9.17) is 5.11 Å². The molecular formula is C15H20N2O2. The van der Waals surface area contributed by atoms with Crippen LogP contribution in [0.3, 0.4) is 0 Å². The SMILES string of the molecule is O=C(O)Cc1cn[nH]c1C1C2CC3CC(C2)CC1C3. The maximum absolute atomic E-state index is 11.0. The first-order valence-corrected chi connectivity index (χ1v) is 7.44. The average Bonchev–Trinajstić information content (AvgIpc) is 2.75. The lowest BCUT2D eigenvalue weighted by atomic mass is 9.51. The molecule has 0 aromatic carbocycles. The minimum atomic E-state index is -0.758. The molecule has 4 aliphatic rings. The van der Waals surface area contributed by atoms with E-state index < -0.39 is 5.97 Å². The summed E-state index contributed by atoms with van der Waals surface area (Å²) in [6.45, 7) is 0. The van der Waals surface area contributed by atoms with Crippen LogP contribution in [0.4, 0.5) is 0 Å². The van der Waals surface area contributed by atoms with Crippen molar-refractivity contribution in [1.29, 1.82) is 0 Å². The molecule has 4 nitrogen and oxygen atoms in total. The van der Waals surface area contributed by atoms with Gasteiger partial charge in [-0.1, -0.05) is 0 Å². The Hall–Kier alpha value is -1.32. The molecule has 2 N–H and O–H groups in total. The molecule has 0 amide bonds. The quantitative estimate of drug-likeness (QED) is 0.877. The Morgan fingerprint density at radius 1 is 1.21 bits per heavy atom. The molecule has 4 saturated carbocycles. The summed E-state index contributed by atoms with van der Waals surface area (Å²) in [5.74, 6) is 3.22. The van der Waals surface area contributed by atoms with Crippen LogP contribution < -0.4 is 0 Å². The summed E-state index contributed by atoms with van der Waals surface area (Å²) in [6, 6.07) is 0. The fourth-order valence-corrected chi connectivity index (χ4v) is 5.31. The molecule has 0 spiro atoms. The summed E-state index contributed by atoms with van der Waals surface area (Å²) in [7, 11) is 0. The van der Waals surface area contributed by atoms with Gasteiger partial charge in [0.25, 0.3) is 0 Å². The Labute approximate surface area is 112 Å². The van der Waals surface area contributed by atoms with Gasteiger partial charge in [0.1, 0.15) is 0 Å². The van der Waals surface area contributed by atoms with Gasteiger partial charge in [0.15, 0.2) is 0 Å². The van der Waals surface area contributed by atoms with E-state index in [1.165, 1.54) is 32.1 Å². The number of hydrogen-bond donors (Lipinski definition) is 2. The second-order valence-electron chi connectivity index (χ2n) is 6.84. The van der Waals surface area contributed by atoms with E-state index >= 15 is 0 Å². The molecule has 102 valence electrons. The number of aromatic amines is 1. The van der Waals surface area contributed by atoms with Crippen LogP contribution in [0.2, 0.25) is 0 Å². The Morgan fingerprint density at radius 3 is 2.42 bits per heavy atom. The second-order valence-corrected chi connectivity index (χ2v) is 6.84. The molecule has 0 saturated heterocycles. The number of H-pyrrole nitrogens is 1. The summed E-state index contributed by atoms with van der Waals surface area (Å²) < 4.78 is 0. The molecule has 0 aliphatic heterocycles. The van der Waals surface area contributed by atoms with Crippen molar-refractivity contribution >= 4 is 5.97 Å². The van der Waals surface area contributed by atoms with Crippen molar-refractivity contribution in [1.82, 2.24) is 10.2 Å². The summed E-state index contributed by atoms with van der Waals surface area (Å²) in [5, 5.41) is 16.3. The highest BCUT2D eigenvalue weighted by molar-refractivity contribution is 5.70. The fraction of sp³-hybridized carbons (Fsp3) is 0.733. The third kappa shape index (κ3) is 1.80. The summed E-state index contributed by atoms with van der Waals surface area (Å²) in [6.07, 6.45) is 8.67. The normalized spacial score (nSPS) is 39.7. The van der Waals surface area contributed by atoms with Gasteiger partial charge in [-0.05, 0) is 55.8 Å². The van der Waals surface area contributed by atoms with E-state index in [2.05, 4.69) is 10.2 Å². The van der Waals surface area contributed by atoms with Crippen LogP contribution in [0.1, 0.15) is 49.3 Å². The Kier molecular flexibility index (Phi) is 2.47. The molecule has 4 bridgehead atoms.